The number of guanidine groups is 1. The van der Waals surface area contributed by atoms with Gasteiger partial charge in [-0.2, -0.15) is 8.78 Å². The fraction of sp³-hybridized carbons (Fsp3) is 0.364. The summed E-state index contributed by atoms with van der Waals surface area (Å²) in [5, 5.41) is 0. The summed E-state index contributed by atoms with van der Waals surface area (Å²) >= 11 is 0. The van der Waals surface area contributed by atoms with Crippen LogP contribution in [0, 0.1) is 23.7 Å². The van der Waals surface area contributed by atoms with E-state index in [1.165, 1.54) is 11.0 Å². The van der Waals surface area contributed by atoms with E-state index in [0.29, 0.717) is 17.9 Å². The summed E-state index contributed by atoms with van der Waals surface area (Å²) in [4.78, 5) is 19.2. The Morgan fingerprint density at radius 1 is 1.38 bits per heavy atom. The number of hydrogen-bond donors (Lipinski definition) is 1. The number of hydrogen-bond acceptors (Lipinski definition) is 4. The largest absolute Gasteiger partial charge is 0.435 e. The van der Waals surface area contributed by atoms with Crippen molar-refractivity contribution in [1.82, 2.24) is 4.90 Å². The Hall–Kier alpha value is -3.14. The van der Waals surface area contributed by atoms with E-state index in [1.54, 1.807) is 19.2 Å². The summed E-state index contributed by atoms with van der Waals surface area (Å²) < 4.78 is 29.4. The van der Waals surface area contributed by atoms with Crippen LogP contribution in [-0.2, 0) is 15.1 Å². The Morgan fingerprint density at radius 3 is 2.76 bits per heavy atom. The van der Waals surface area contributed by atoms with Gasteiger partial charge in [0, 0.05) is 24.4 Å². The summed E-state index contributed by atoms with van der Waals surface area (Å²) in [6.45, 7) is -2.90. The molecule has 0 saturated heterocycles. The standard InChI is InChI=1S/C22H21F2N3O2/c1-27-19(28)22(26-21(27)25,16-9-11-18(12-10-16)29-20(23)24)17-4-2-3-15(13-17)8-7-14-5-6-14/h2-4,9,11-14,16,20H,5-6,10H2,1H3,(H2,25,26)/t16?,22-/m1/s1. The summed E-state index contributed by atoms with van der Waals surface area (Å²) in [5.74, 6) is 6.39. The molecule has 1 saturated carbocycles. The minimum atomic E-state index is -2.90. The number of likely N-dealkylation sites (N-methyl/N-ethyl adjacent to an activating group) is 1. The van der Waals surface area contributed by atoms with Crippen LogP contribution >= 0.6 is 0 Å². The normalized spacial score (nSPS) is 26.1. The third kappa shape index (κ3) is 3.63. The van der Waals surface area contributed by atoms with Crippen LogP contribution in [0.15, 0.2) is 53.2 Å². The number of alkyl halides is 2. The van der Waals surface area contributed by atoms with Gasteiger partial charge in [-0.05, 0) is 49.1 Å². The van der Waals surface area contributed by atoms with Gasteiger partial charge in [0.05, 0.1) is 0 Å². The molecular weight excluding hydrogens is 376 g/mol. The van der Waals surface area contributed by atoms with Crippen molar-refractivity contribution in [2.45, 2.75) is 31.4 Å². The van der Waals surface area contributed by atoms with Crippen molar-refractivity contribution in [1.29, 1.82) is 0 Å². The van der Waals surface area contributed by atoms with Gasteiger partial charge in [0.15, 0.2) is 11.5 Å². The Morgan fingerprint density at radius 2 is 2.17 bits per heavy atom. The number of nitrogens with two attached hydrogens (primary N) is 1. The number of nitrogens with zero attached hydrogens (tertiary/aromatic N) is 2. The molecule has 2 aliphatic carbocycles. The van der Waals surface area contributed by atoms with Gasteiger partial charge in [0.2, 0.25) is 0 Å². The van der Waals surface area contributed by atoms with Crippen LogP contribution in [0.25, 0.3) is 0 Å². The first-order chi connectivity index (χ1) is 13.9. The molecule has 0 spiro atoms. The lowest BCUT2D eigenvalue weighted by Gasteiger charge is -2.33. The lowest BCUT2D eigenvalue weighted by atomic mass is 9.74. The predicted molar refractivity (Wildman–Crippen MR) is 105 cm³/mol. The van der Waals surface area contributed by atoms with E-state index in [9.17, 15) is 13.6 Å². The average Bonchev–Trinajstić information content (AvgIpc) is 3.51. The molecule has 3 aliphatic rings. The number of allylic oxidation sites excluding steroid dienone is 2. The molecule has 29 heavy (non-hydrogen) atoms. The third-order valence-corrected chi connectivity index (χ3v) is 5.39. The molecule has 1 aromatic rings. The summed E-state index contributed by atoms with van der Waals surface area (Å²) in [5.41, 5.74) is 6.21. The Labute approximate surface area is 167 Å². The molecule has 1 unspecified atom stereocenters. The maximum absolute atomic E-state index is 13.3. The molecule has 150 valence electrons. The highest BCUT2D eigenvalue weighted by Crippen LogP contribution is 2.43. The minimum absolute atomic E-state index is 0.0752. The Balaban J connectivity index is 1.72. The molecule has 1 aromatic carbocycles. The third-order valence-electron chi connectivity index (χ3n) is 5.39. The van der Waals surface area contributed by atoms with E-state index in [2.05, 4.69) is 21.6 Å². The minimum Gasteiger partial charge on any atom is -0.435 e. The summed E-state index contributed by atoms with van der Waals surface area (Å²) in [6, 6.07) is 7.44. The second kappa shape index (κ2) is 7.36. The number of aliphatic imine (C=N–C) groups is 1. The van der Waals surface area contributed by atoms with Gasteiger partial charge in [-0.1, -0.05) is 30.0 Å². The van der Waals surface area contributed by atoms with Crippen LogP contribution < -0.4 is 5.73 Å². The van der Waals surface area contributed by atoms with Crippen LogP contribution in [0.5, 0.6) is 0 Å². The quantitative estimate of drug-likeness (QED) is 0.794. The van der Waals surface area contributed by atoms with Gasteiger partial charge in [-0.3, -0.25) is 9.69 Å². The molecule has 0 bridgehead atoms. The van der Waals surface area contributed by atoms with Gasteiger partial charge in [0.25, 0.3) is 5.91 Å². The van der Waals surface area contributed by atoms with Crippen molar-refractivity contribution in [2.75, 3.05) is 7.05 Å². The molecule has 1 amide bonds. The summed E-state index contributed by atoms with van der Waals surface area (Å²) in [7, 11) is 1.58. The van der Waals surface area contributed by atoms with Crippen LogP contribution in [0.4, 0.5) is 8.78 Å². The van der Waals surface area contributed by atoms with E-state index in [4.69, 9.17) is 5.73 Å². The number of carbonyl (C=O) groups is 1. The molecule has 2 N–H and O–H groups in total. The average molecular weight is 397 g/mol. The fourth-order valence-corrected chi connectivity index (χ4v) is 3.65. The van der Waals surface area contributed by atoms with Gasteiger partial charge in [-0.15, -0.1) is 0 Å². The van der Waals surface area contributed by atoms with E-state index in [-0.39, 0.29) is 17.6 Å². The molecule has 2 atom stereocenters. The number of carbonyl (C=O) groups excluding carboxylic acids is 1. The van der Waals surface area contributed by atoms with Crippen molar-refractivity contribution in [3.63, 3.8) is 0 Å². The first kappa shape index (κ1) is 19.2. The maximum Gasteiger partial charge on any atom is 0.387 e. The smallest absolute Gasteiger partial charge is 0.387 e. The second-order valence-corrected chi connectivity index (χ2v) is 7.41. The van der Waals surface area contributed by atoms with Crippen molar-refractivity contribution in [3.8, 4) is 11.8 Å². The SMILES string of the molecule is CN1C(=O)[C@](c2cccc(C#CC3CC3)c2)(C2C=CC(OC(F)F)=CC2)N=C1N. The molecule has 1 heterocycles. The van der Waals surface area contributed by atoms with Crippen molar-refractivity contribution >= 4 is 11.9 Å². The number of rotatable bonds is 4. The van der Waals surface area contributed by atoms with Crippen LogP contribution in [0.2, 0.25) is 0 Å². The van der Waals surface area contributed by atoms with Gasteiger partial charge in [0.1, 0.15) is 5.76 Å². The van der Waals surface area contributed by atoms with Gasteiger partial charge >= 0.3 is 6.61 Å². The summed E-state index contributed by atoms with van der Waals surface area (Å²) in [6.07, 6.45) is 7.26. The lowest BCUT2D eigenvalue weighted by molar-refractivity contribution is -0.132. The van der Waals surface area contributed by atoms with E-state index >= 15 is 0 Å². The van der Waals surface area contributed by atoms with E-state index in [1.807, 2.05) is 24.3 Å². The van der Waals surface area contributed by atoms with Crippen LogP contribution in [-0.4, -0.2) is 30.4 Å². The highest BCUT2D eigenvalue weighted by atomic mass is 19.3. The monoisotopic (exact) mass is 397 g/mol. The van der Waals surface area contributed by atoms with E-state index in [0.717, 1.165) is 18.4 Å². The second-order valence-electron chi connectivity index (χ2n) is 7.41. The number of amides is 1. The number of ether oxygens (including phenoxy) is 1. The number of benzene rings is 1. The zero-order valence-corrected chi connectivity index (χ0v) is 15.9. The topological polar surface area (TPSA) is 67.9 Å². The lowest BCUT2D eigenvalue weighted by Crippen LogP contribution is -2.44. The molecule has 0 aromatic heterocycles. The fourth-order valence-electron chi connectivity index (χ4n) is 3.65. The molecule has 5 nitrogen and oxygen atoms in total. The molecule has 7 heteroatoms. The van der Waals surface area contributed by atoms with Gasteiger partial charge < -0.3 is 10.5 Å². The van der Waals surface area contributed by atoms with Crippen LogP contribution in [0.1, 0.15) is 30.4 Å². The van der Waals surface area contributed by atoms with Gasteiger partial charge in [-0.25, -0.2) is 4.99 Å². The van der Waals surface area contributed by atoms with Crippen molar-refractivity contribution in [2.24, 2.45) is 22.6 Å². The maximum atomic E-state index is 13.3. The molecule has 1 fully saturated rings. The highest BCUT2D eigenvalue weighted by Gasteiger charge is 2.52. The first-order valence-corrected chi connectivity index (χ1v) is 9.49. The predicted octanol–water partition coefficient (Wildman–Crippen LogP) is 3.13. The van der Waals surface area contributed by atoms with Crippen molar-refractivity contribution < 1.29 is 18.3 Å². The highest BCUT2D eigenvalue weighted by molar-refractivity contribution is 6.07. The first-order valence-electron chi connectivity index (χ1n) is 9.49. The van der Waals surface area contributed by atoms with Crippen LogP contribution in [0.3, 0.4) is 0 Å². The Kier molecular flexibility index (Phi) is 4.87. The molecule has 1 aliphatic heterocycles. The Bertz CT molecular complexity index is 985. The zero-order chi connectivity index (χ0) is 20.6. The molecular formula is C22H21F2N3O2. The van der Waals surface area contributed by atoms with E-state index < -0.39 is 18.1 Å². The number of halogens is 2. The van der Waals surface area contributed by atoms with Crippen molar-refractivity contribution in [3.05, 3.63) is 59.4 Å². The zero-order valence-electron chi connectivity index (χ0n) is 15.9. The molecule has 0 radical (unpaired) electrons. The molecule has 4 rings (SSSR count).